The molecule has 1 atom stereocenters. The van der Waals surface area contributed by atoms with Crippen LogP contribution in [0.15, 0.2) is 18.2 Å². The average Bonchev–Trinajstić information content (AvgIpc) is 2.27. The Morgan fingerprint density at radius 3 is 2.75 bits per heavy atom. The number of rotatable bonds is 6. The first-order valence-corrected chi connectivity index (χ1v) is 5.53. The van der Waals surface area contributed by atoms with Crippen LogP contribution in [0.1, 0.15) is 31.4 Å². The van der Waals surface area contributed by atoms with Gasteiger partial charge in [0.2, 0.25) is 0 Å². The Hall–Kier alpha value is -1.00. The van der Waals surface area contributed by atoms with Crippen molar-refractivity contribution in [3.63, 3.8) is 0 Å². The fourth-order valence-corrected chi connectivity index (χ4v) is 1.54. The maximum absolute atomic E-state index is 13.4. The molecule has 0 saturated heterocycles. The first-order chi connectivity index (χ1) is 7.65. The fourth-order valence-electron chi connectivity index (χ4n) is 1.54. The summed E-state index contributed by atoms with van der Waals surface area (Å²) in [5.41, 5.74) is 5.73. The summed E-state index contributed by atoms with van der Waals surface area (Å²) in [6.45, 7) is 3.24. The van der Waals surface area contributed by atoms with Gasteiger partial charge in [-0.1, -0.05) is 0 Å². The van der Waals surface area contributed by atoms with Crippen molar-refractivity contribution in [3.05, 3.63) is 35.4 Å². The standard InChI is InChI=1S/C12H18F2N2/c1-9(16-7-3-2-6-15)11-8-10(13)4-5-12(11)14/h4-5,8-9,16H,2-3,6-7,15H2,1H3. The van der Waals surface area contributed by atoms with Crippen LogP contribution in [0.3, 0.4) is 0 Å². The molecule has 0 aliphatic carbocycles. The van der Waals surface area contributed by atoms with E-state index in [0.717, 1.165) is 31.5 Å². The Kier molecular flexibility index (Phi) is 5.35. The van der Waals surface area contributed by atoms with Crippen molar-refractivity contribution in [3.8, 4) is 0 Å². The topological polar surface area (TPSA) is 38.0 Å². The molecule has 1 rings (SSSR count). The lowest BCUT2D eigenvalue weighted by atomic mass is 10.1. The Labute approximate surface area is 94.8 Å². The molecular formula is C12H18F2N2. The van der Waals surface area contributed by atoms with Crippen LogP contribution in [0.25, 0.3) is 0 Å². The third kappa shape index (κ3) is 3.87. The molecular weight excluding hydrogens is 210 g/mol. The monoisotopic (exact) mass is 228 g/mol. The van der Waals surface area contributed by atoms with E-state index < -0.39 is 5.82 Å². The van der Waals surface area contributed by atoms with E-state index in [1.165, 1.54) is 6.07 Å². The van der Waals surface area contributed by atoms with E-state index >= 15 is 0 Å². The summed E-state index contributed by atoms with van der Waals surface area (Å²) in [7, 11) is 0. The van der Waals surface area contributed by atoms with E-state index in [-0.39, 0.29) is 11.9 Å². The Balaban J connectivity index is 2.51. The zero-order valence-electron chi connectivity index (χ0n) is 9.47. The van der Waals surface area contributed by atoms with Crippen LogP contribution in [-0.4, -0.2) is 13.1 Å². The third-order valence-corrected chi connectivity index (χ3v) is 2.51. The molecule has 0 saturated carbocycles. The predicted molar refractivity (Wildman–Crippen MR) is 61.1 cm³/mol. The van der Waals surface area contributed by atoms with Crippen molar-refractivity contribution in [2.75, 3.05) is 13.1 Å². The number of hydrogen-bond acceptors (Lipinski definition) is 2. The van der Waals surface area contributed by atoms with E-state index in [0.29, 0.717) is 12.1 Å². The maximum atomic E-state index is 13.4. The van der Waals surface area contributed by atoms with Gasteiger partial charge in [-0.3, -0.25) is 0 Å². The van der Waals surface area contributed by atoms with Crippen molar-refractivity contribution in [1.29, 1.82) is 0 Å². The minimum Gasteiger partial charge on any atom is -0.330 e. The summed E-state index contributed by atoms with van der Waals surface area (Å²) in [6.07, 6.45) is 1.88. The SMILES string of the molecule is CC(NCCCCN)c1cc(F)ccc1F. The third-order valence-electron chi connectivity index (χ3n) is 2.51. The second kappa shape index (κ2) is 6.55. The lowest BCUT2D eigenvalue weighted by molar-refractivity contribution is 0.509. The molecule has 2 nitrogen and oxygen atoms in total. The van der Waals surface area contributed by atoms with E-state index in [2.05, 4.69) is 5.32 Å². The van der Waals surface area contributed by atoms with Crippen molar-refractivity contribution < 1.29 is 8.78 Å². The highest BCUT2D eigenvalue weighted by molar-refractivity contribution is 5.21. The van der Waals surface area contributed by atoms with Crippen molar-refractivity contribution in [2.45, 2.75) is 25.8 Å². The van der Waals surface area contributed by atoms with Gasteiger partial charge < -0.3 is 11.1 Å². The van der Waals surface area contributed by atoms with Crippen molar-refractivity contribution in [2.24, 2.45) is 5.73 Å². The van der Waals surface area contributed by atoms with Gasteiger partial charge in [0.15, 0.2) is 0 Å². The van der Waals surface area contributed by atoms with Crippen LogP contribution >= 0.6 is 0 Å². The highest BCUT2D eigenvalue weighted by Crippen LogP contribution is 2.17. The maximum Gasteiger partial charge on any atom is 0.128 e. The molecule has 1 aromatic rings. The normalized spacial score (nSPS) is 12.8. The molecule has 0 fully saturated rings. The van der Waals surface area contributed by atoms with Gasteiger partial charge in [0.25, 0.3) is 0 Å². The molecule has 0 aliphatic heterocycles. The zero-order valence-corrected chi connectivity index (χ0v) is 9.47. The highest BCUT2D eigenvalue weighted by Gasteiger charge is 2.10. The number of unbranched alkanes of at least 4 members (excludes halogenated alkanes) is 1. The number of nitrogens with one attached hydrogen (secondary N) is 1. The van der Waals surface area contributed by atoms with Gasteiger partial charge >= 0.3 is 0 Å². The molecule has 3 N–H and O–H groups in total. The number of halogens is 2. The van der Waals surface area contributed by atoms with Crippen LogP contribution < -0.4 is 11.1 Å². The van der Waals surface area contributed by atoms with Gasteiger partial charge in [0, 0.05) is 11.6 Å². The number of nitrogens with two attached hydrogens (primary N) is 1. The molecule has 0 aromatic heterocycles. The molecule has 16 heavy (non-hydrogen) atoms. The molecule has 4 heteroatoms. The first-order valence-electron chi connectivity index (χ1n) is 5.53. The fraction of sp³-hybridized carbons (Fsp3) is 0.500. The smallest absolute Gasteiger partial charge is 0.128 e. The number of benzene rings is 1. The summed E-state index contributed by atoms with van der Waals surface area (Å²) >= 11 is 0. The molecule has 0 aliphatic rings. The molecule has 0 spiro atoms. The Morgan fingerprint density at radius 2 is 2.06 bits per heavy atom. The zero-order chi connectivity index (χ0) is 12.0. The largest absolute Gasteiger partial charge is 0.330 e. The number of hydrogen-bond donors (Lipinski definition) is 2. The van der Waals surface area contributed by atoms with E-state index in [4.69, 9.17) is 5.73 Å². The molecule has 90 valence electrons. The Bertz CT molecular complexity index is 329. The quantitative estimate of drug-likeness (QED) is 0.733. The van der Waals surface area contributed by atoms with Gasteiger partial charge in [-0.15, -0.1) is 0 Å². The molecule has 1 aromatic carbocycles. The summed E-state index contributed by atoms with van der Waals surface area (Å²) in [4.78, 5) is 0. The predicted octanol–water partition coefficient (Wildman–Crippen LogP) is 2.35. The summed E-state index contributed by atoms with van der Waals surface area (Å²) < 4.78 is 26.3. The van der Waals surface area contributed by atoms with Crippen LogP contribution in [0.2, 0.25) is 0 Å². The summed E-state index contributed by atoms with van der Waals surface area (Å²) in [5, 5.41) is 3.14. The van der Waals surface area contributed by atoms with Gasteiger partial charge in [-0.05, 0) is 51.1 Å². The highest BCUT2D eigenvalue weighted by atomic mass is 19.1. The van der Waals surface area contributed by atoms with Crippen molar-refractivity contribution >= 4 is 0 Å². The lowest BCUT2D eigenvalue weighted by Crippen LogP contribution is -2.21. The van der Waals surface area contributed by atoms with E-state index in [9.17, 15) is 8.78 Å². The van der Waals surface area contributed by atoms with Crippen molar-refractivity contribution in [1.82, 2.24) is 5.32 Å². The van der Waals surface area contributed by atoms with Crippen LogP contribution in [0.4, 0.5) is 8.78 Å². The van der Waals surface area contributed by atoms with E-state index in [1.54, 1.807) is 0 Å². The first kappa shape index (κ1) is 13.1. The minimum atomic E-state index is -0.410. The average molecular weight is 228 g/mol. The van der Waals surface area contributed by atoms with Crippen LogP contribution in [0, 0.1) is 11.6 Å². The van der Waals surface area contributed by atoms with Gasteiger partial charge in [-0.25, -0.2) is 8.78 Å². The molecule has 0 heterocycles. The minimum absolute atomic E-state index is 0.187. The molecule has 0 amide bonds. The van der Waals surface area contributed by atoms with Gasteiger partial charge in [-0.2, -0.15) is 0 Å². The summed E-state index contributed by atoms with van der Waals surface area (Å²) in [6, 6.07) is 3.33. The molecule has 1 unspecified atom stereocenters. The van der Waals surface area contributed by atoms with Crippen LogP contribution in [0.5, 0.6) is 0 Å². The van der Waals surface area contributed by atoms with Crippen LogP contribution in [-0.2, 0) is 0 Å². The summed E-state index contributed by atoms with van der Waals surface area (Å²) in [5.74, 6) is -0.785. The van der Waals surface area contributed by atoms with E-state index in [1.807, 2.05) is 6.92 Å². The lowest BCUT2D eigenvalue weighted by Gasteiger charge is -2.14. The molecule has 0 bridgehead atoms. The second-order valence-electron chi connectivity index (χ2n) is 3.84. The van der Waals surface area contributed by atoms with Gasteiger partial charge in [0.05, 0.1) is 0 Å². The van der Waals surface area contributed by atoms with Gasteiger partial charge in [0.1, 0.15) is 11.6 Å². The second-order valence-corrected chi connectivity index (χ2v) is 3.84. The molecule has 0 radical (unpaired) electrons. The Morgan fingerprint density at radius 1 is 1.31 bits per heavy atom.